The third-order valence-corrected chi connectivity index (χ3v) is 2.93. The summed E-state index contributed by atoms with van der Waals surface area (Å²) in [5.74, 6) is 0.614. The number of carbonyl (C=O) groups is 1. The van der Waals surface area contributed by atoms with Crippen molar-refractivity contribution in [2.24, 2.45) is 0 Å². The molecule has 0 aromatic heterocycles. The lowest BCUT2D eigenvalue weighted by atomic mass is 9.93. The van der Waals surface area contributed by atoms with Crippen molar-refractivity contribution in [2.75, 3.05) is 0 Å². The summed E-state index contributed by atoms with van der Waals surface area (Å²) in [4.78, 5) is 11.4. The van der Waals surface area contributed by atoms with Gasteiger partial charge >= 0.3 is 0 Å². The Labute approximate surface area is 98.2 Å². The van der Waals surface area contributed by atoms with E-state index < -0.39 is 0 Å². The molecule has 1 atom stereocenters. The maximum atomic E-state index is 11.4. The van der Waals surface area contributed by atoms with Gasteiger partial charge in [-0.3, -0.25) is 4.79 Å². The smallest absolute Gasteiger partial charge is 0.158 e. The second-order valence-corrected chi connectivity index (χ2v) is 4.55. The van der Waals surface area contributed by atoms with Crippen LogP contribution in [-0.4, -0.2) is 5.78 Å². The highest BCUT2D eigenvalue weighted by Crippen LogP contribution is 2.21. The number of ketones is 1. The van der Waals surface area contributed by atoms with Crippen molar-refractivity contribution in [1.82, 2.24) is 0 Å². The van der Waals surface area contributed by atoms with Gasteiger partial charge in [0.2, 0.25) is 0 Å². The fourth-order valence-electron chi connectivity index (χ4n) is 1.62. The normalized spacial score (nSPS) is 12.2. The van der Waals surface area contributed by atoms with Crippen molar-refractivity contribution in [1.29, 1.82) is 0 Å². The molecule has 0 amide bonds. The fourth-order valence-corrected chi connectivity index (χ4v) is 1.62. The van der Waals surface area contributed by atoms with E-state index in [4.69, 9.17) is 0 Å². The van der Waals surface area contributed by atoms with Crippen LogP contribution >= 0.6 is 0 Å². The van der Waals surface area contributed by atoms with E-state index in [1.54, 1.807) is 6.92 Å². The van der Waals surface area contributed by atoms with Crippen LogP contribution in [0.1, 0.15) is 43.7 Å². The van der Waals surface area contributed by atoms with Gasteiger partial charge in [-0.1, -0.05) is 43.3 Å². The monoisotopic (exact) mass is 216 g/mol. The third kappa shape index (κ3) is 3.65. The molecule has 0 N–H and O–H groups in total. The standard InChI is InChI=1S/C15H20O/c1-11(2)15(16)10-7-13(4)14-8-5-12(3)6-9-14/h5-6,8-9,13H,1,7,10H2,2-4H3/t13-/m1/s1. The van der Waals surface area contributed by atoms with E-state index in [-0.39, 0.29) is 5.78 Å². The van der Waals surface area contributed by atoms with E-state index in [2.05, 4.69) is 44.7 Å². The summed E-state index contributed by atoms with van der Waals surface area (Å²) in [7, 11) is 0. The zero-order chi connectivity index (χ0) is 12.1. The molecule has 0 radical (unpaired) electrons. The van der Waals surface area contributed by atoms with Gasteiger partial charge in [0.15, 0.2) is 5.78 Å². The van der Waals surface area contributed by atoms with Gasteiger partial charge in [0.25, 0.3) is 0 Å². The van der Waals surface area contributed by atoms with Crippen molar-refractivity contribution in [3.63, 3.8) is 0 Å². The van der Waals surface area contributed by atoms with Gasteiger partial charge in [0.05, 0.1) is 0 Å². The van der Waals surface area contributed by atoms with Gasteiger partial charge < -0.3 is 0 Å². The highest BCUT2D eigenvalue weighted by Gasteiger charge is 2.08. The fraction of sp³-hybridized carbons (Fsp3) is 0.400. The highest BCUT2D eigenvalue weighted by atomic mass is 16.1. The maximum Gasteiger partial charge on any atom is 0.158 e. The van der Waals surface area contributed by atoms with E-state index in [1.165, 1.54) is 11.1 Å². The molecule has 0 bridgehead atoms. The largest absolute Gasteiger partial charge is 0.295 e. The lowest BCUT2D eigenvalue weighted by Crippen LogP contribution is -2.02. The third-order valence-electron chi connectivity index (χ3n) is 2.93. The summed E-state index contributed by atoms with van der Waals surface area (Å²) >= 11 is 0. The van der Waals surface area contributed by atoms with Gasteiger partial charge in [0, 0.05) is 6.42 Å². The summed E-state index contributed by atoms with van der Waals surface area (Å²) in [6, 6.07) is 8.52. The van der Waals surface area contributed by atoms with E-state index in [1.807, 2.05) is 0 Å². The van der Waals surface area contributed by atoms with E-state index in [0.29, 0.717) is 17.9 Å². The van der Waals surface area contributed by atoms with Gasteiger partial charge in [-0.2, -0.15) is 0 Å². The van der Waals surface area contributed by atoms with Crippen LogP contribution in [0.2, 0.25) is 0 Å². The number of carbonyl (C=O) groups excluding carboxylic acids is 1. The lowest BCUT2D eigenvalue weighted by molar-refractivity contribution is -0.115. The first-order valence-electron chi connectivity index (χ1n) is 5.76. The minimum absolute atomic E-state index is 0.180. The topological polar surface area (TPSA) is 17.1 Å². The molecule has 1 rings (SSSR count). The molecule has 1 aromatic rings. The molecule has 16 heavy (non-hydrogen) atoms. The Kier molecular flexibility index (Phi) is 4.48. The Morgan fingerprint density at radius 3 is 2.38 bits per heavy atom. The summed E-state index contributed by atoms with van der Waals surface area (Å²) in [5, 5.41) is 0. The molecule has 0 fully saturated rings. The Morgan fingerprint density at radius 2 is 1.88 bits per heavy atom. The molecule has 0 saturated heterocycles. The van der Waals surface area contributed by atoms with Crippen LogP contribution in [0.4, 0.5) is 0 Å². The molecule has 86 valence electrons. The van der Waals surface area contributed by atoms with Crippen molar-refractivity contribution in [2.45, 2.75) is 39.5 Å². The summed E-state index contributed by atoms with van der Waals surface area (Å²) in [5.41, 5.74) is 3.24. The van der Waals surface area contributed by atoms with E-state index >= 15 is 0 Å². The average molecular weight is 216 g/mol. The van der Waals surface area contributed by atoms with Crippen LogP contribution in [0.3, 0.4) is 0 Å². The summed E-state index contributed by atoms with van der Waals surface area (Å²) < 4.78 is 0. The summed E-state index contributed by atoms with van der Waals surface area (Å²) in [6.45, 7) is 9.69. The summed E-state index contributed by atoms with van der Waals surface area (Å²) in [6.07, 6.45) is 1.50. The molecule has 1 nitrogen and oxygen atoms in total. The van der Waals surface area contributed by atoms with Gasteiger partial charge in [-0.15, -0.1) is 0 Å². The Bertz CT molecular complexity index is 373. The van der Waals surface area contributed by atoms with Crippen LogP contribution in [0.25, 0.3) is 0 Å². The predicted octanol–water partition coefficient (Wildman–Crippen LogP) is 4.02. The Hall–Kier alpha value is -1.37. The SMILES string of the molecule is C=C(C)C(=O)CC[C@@H](C)c1ccc(C)cc1. The molecular formula is C15H20O. The average Bonchev–Trinajstić information content (AvgIpc) is 2.26. The molecule has 0 aliphatic carbocycles. The van der Waals surface area contributed by atoms with Crippen molar-refractivity contribution < 1.29 is 4.79 Å². The first-order chi connectivity index (χ1) is 7.50. The minimum Gasteiger partial charge on any atom is -0.295 e. The zero-order valence-corrected chi connectivity index (χ0v) is 10.4. The molecule has 0 heterocycles. The first kappa shape index (κ1) is 12.7. The molecule has 1 heteroatoms. The molecular weight excluding hydrogens is 196 g/mol. The van der Waals surface area contributed by atoms with Crippen LogP contribution in [-0.2, 0) is 4.79 Å². The van der Waals surface area contributed by atoms with Crippen LogP contribution in [0.5, 0.6) is 0 Å². The second kappa shape index (κ2) is 5.64. The Balaban J connectivity index is 2.52. The molecule has 0 unspecified atom stereocenters. The van der Waals surface area contributed by atoms with Crippen LogP contribution in [0, 0.1) is 6.92 Å². The van der Waals surface area contributed by atoms with Gasteiger partial charge in [-0.25, -0.2) is 0 Å². The second-order valence-electron chi connectivity index (χ2n) is 4.55. The molecule has 1 aromatic carbocycles. The van der Waals surface area contributed by atoms with Crippen molar-refractivity contribution in [3.05, 3.63) is 47.5 Å². The zero-order valence-electron chi connectivity index (χ0n) is 10.4. The minimum atomic E-state index is 0.180. The van der Waals surface area contributed by atoms with Gasteiger partial charge in [0.1, 0.15) is 0 Å². The quantitative estimate of drug-likeness (QED) is 0.679. The van der Waals surface area contributed by atoms with E-state index in [9.17, 15) is 4.79 Å². The lowest BCUT2D eigenvalue weighted by Gasteiger charge is -2.11. The predicted molar refractivity (Wildman–Crippen MR) is 68.6 cm³/mol. The molecule has 0 spiro atoms. The number of benzene rings is 1. The molecule has 0 saturated carbocycles. The number of aryl methyl sites for hydroxylation is 1. The van der Waals surface area contributed by atoms with Gasteiger partial charge in [-0.05, 0) is 37.3 Å². The van der Waals surface area contributed by atoms with Crippen molar-refractivity contribution >= 4 is 5.78 Å². The highest BCUT2D eigenvalue weighted by molar-refractivity contribution is 5.94. The maximum absolute atomic E-state index is 11.4. The first-order valence-corrected chi connectivity index (χ1v) is 5.76. The number of rotatable bonds is 5. The number of Topliss-reactive ketones (excluding diaryl/α,β-unsaturated/α-hetero) is 1. The van der Waals surface area contributed by atoms with E-state index in [0.717, 1.165) is 6.42 Å². The van der Waals surface area contributed by atoms with Crippen molar-refractivity contribution in [3.8, 4) is 0 Å². The molecule has 0 aliphatic rings. The Morgan fingerprint density at radius 1 is 1.31 bits per heavy atom. The van der Waals surface area contributed by atoms with Crippen LogP contribution < -0.4 is 0 Å². The molecule has 0 aliphatic heterocycles. The number of hydrogen-bond acceptors (Lipinski definition) is 1. The number of allylic oxidation sites excluding steroid dienone is 1. The number of hydrogen-bond donors (Lipinski definition) is 0. The van der Waals surface area contributed by atoms with Crippen LogP contribution in [0.15, 0.2) is 36.4 Å².